The van der Waals surface area contributed by atoms with Crippen LogP contribution in [-0.4, -0.2) is 4.98 Å². The fourth-order valence-electron chi connectivity index (χ4n) is 2.13. The molecule has 0 atom stereocenters. The molecule has 0 saturated heterocycles. The molecular weight excluding hydrogens is 237 g/mol. The van der Waals surface area contributed by atoms with Crippen molar-refractivity contribution >= 4 is 0 Å². The zero-order chi connectivity index (χ0) is 13.7. The first-order valence-electron chi connectivity index (χ1n) is 6.92. The van der Waals surface area contributed by atoms with Gasteiger partial charge in [0.15, 0.2) is 0 Å². The first-order chi connectivity index (χ1) is 9.20. The maximum absolute atomic E-state index is 14.1. The summed E-state index contributed by atoms with van der Waals surface area (Å²) in [6.07, 6.45) is 6.23. The topological polar surface area (TPSA) is 12.9 Å². The van der Waals surface area contributed by atoms with Gasteiger partial charge in [0, 0.05) is 11.8 Å². The molecule has 0 radical (unpaired) electrons. The van der Waals surface area contributed by atoms with Crippen molar-refractivity contribution in [2.24, 2.45) is 0 Å². The SMILES string of the molecule is CCCCCc1ccc(-c2ccc(C)cn2)c(F)c1. The Morgan fingerprint density at radius 2 is 1.95 bits per heavy atom. The van der Waals surface area contributed by atoms with Gasteiger partial charge in [-0.25, -0.2) is 4.39 Å². The maximum atomic E-state index is 14.1. The Labute approximate surface area is 114 Å². The molecular formula is C17H20FN. The fraction of sp³-hybridized carbons (Fsp3) is 0.353. The molecule has 2 heteroatoms. The number of hydrogen-bond donors (Lipinski definition) is 0. The summed E-state index contributed by atoms with van der Waals surface area (Å²) in [5.41, 5.74) is 3.43. The predicted octanol–water partition coefficient (Wildman–Crippen LogP) is 4.93. The smallest absolute Gasteiger partial charge is 0.132 e. The van der Waals surface area contributed by atoms with Crippen LogP contribution >= 0.6 is 0 Å². The van der Waals surface area contributed by atoms with Gasteiger partial charge in [0.2, 0.25) is 0 Å². The molecule has 1 nitrogen and oxygen atoms in total. The van der Waals surface area contributed by atoms with Crippen LogP contribution in [0.5, 0.6) is 0 Å². The van der Waals surface area contributed by atoms with E-state index in [9.17, 15) is 4.39 Å². The molecule has 0 saturated carbocycles. The van der Waals surface area contributed by atoms with Gasteiger partial charge in [-0.05, 0) is 49.1 Å². The number of hydrogen-bond acceptors (Lipinski definition) is 1. The van der Waals surface area contributed by atoms with Crippen molar-refractivity contribution < 1.29 is 4.39 Å². The van der Waals surface area contributed by atoms with Gasteiger partial charge >= 0.3 is 0 Å². The molecule has 0 unspecified atom stereocenters. The van der Waals surface area contributed by atoms with Crippen molar-refractivity contribution in [3.8, 4) is 11.3 Å². The molecule has 0 fully saturated rings. The Kier molecular flexibility index (Phi) is 4.67. The average Bonchev–Trinajstić information content (AvgIpc) is 2.41. The molecule has 100 valence electrons. The van der Waals surface area contributed by atoms with Crippen LogP contribution in [0.15, 0.2) is 36.5 Å². The number of benzene rings is 1. The highest BCUT2D eigenvalue weighted by atomic mass is 19.1. The second-order valence-electron chi connectivity index (χ2n) is 4.99. The van der Waals surface area contributed by atoms with E-state index < -0.39 is 0 Å². The van der Waals surface area contributed by atoms with Crippen molar-refractivity contribution in [2.45, 2.75) is 39.5 Å². The Morgan fingerprint density at radius 1 is 1.11 bits per heavy atom. The molecule has 2 rings (SSSR count). The fourth-order valence-corrected chi connectivity index (χ4v) is 2.13. The quantitative estimate of drug-likeness (QED) is 0.692. The van der Waals surface area contributed by atoms with Crippen LogP contribution in [0.25, 0.3) is 11.3 Å². The van der Waals surface area contributed by atoms with Gasteiger partial charge in [-0.2, -0.15) is 0 Å². The van der Waals surface area contributed by atoms with Crippen LogP contribution < -0.4 is 0 Å². The largest absolute Gasteiger partial charge is 0.256 e. The second kappa shape index (κ2) is 6.46. The summed E-state index contributed by atoms with van der Waals surface area (Å²) < 4.78 is 14.1. The van der Waals surface area contributed by atoms with E-state index in [0.29, 0.717) is 11.3 Å². The zero-order valence-electron chi connectivity index (χ0n) is 11.6. The van der Waals surface area contributed by atoms with E-state index >= 15 is 0 Å². The lowest BCUT2D eigenvalue weighted by Crippen LogP contribution is -1.92. The summed E-state index contributed by atoms with van der Waals surface area (Å²) in [5, 5.41) is 0. The molecule has 1 aromatic carbocycles. The summed E-state index contributed by atoms with van der Waals surface area (Å²) in [6.45, 7) is 4.15. The Bertz CT molecular complexity index is 531. The zero-order valence-corrected chi connectivity index (χ0v) is 11.6. The molecule has 1 heterocycles. The van der Waals surface area contributed by atoms with E-state index in [0.717, 1.165) is 24.0 Å². The number of unbranched alkanes of at least 4 members (excludes halogenated alkanes) is 2. The van der Waals surface area contributed by atoms with Crippen molar-refractivity contribution in [3.63, 3.8) is 0 Å². The summed E-state index contributed by atoms with van der Waals surface area (Å²) >= 11 is 0. The number of aryl methyl sites for hydroxylation is 2. The lowest BCUT2D eigenvalue weighted by molar-refractivity contribution is 0.626. The highest BCUT2D eigenvalue weighted by Gasteiger charge is 2.07. The normalized spacial score (nSPS) is 10.7. The van der Waals surface area contributed by atoms with Gasteiger partial charge in [-0.1, -0.05) is 31.9 Å². The molecule has 0 aliphatic rings. The highest BCUT2D eigenvalue weighted by molar-refractivity contribution is 5.60. The summed E-state index contributed by atoms with van der Waals surface area (Å²) in [6, 6.07) is 9.32. The highest BCUT2D eigenvalue weighted by Crippen LogP contribution is 2.22. The van der Waals surface area contributed by atoms with Crippen molar-refractivity contribution in [1.29, 1.82) is 0 Å². The molecule has 19 heavy (non-hydrogen) atoms. The van der Waals surface area contributed by atoms with E-state index in [4.69, 9.17) is 0 Å². The number of pyridine rings is 1. The average molecular weight is 257 g/mol. The van der Waals surface area contributed by atoms with E-state index in [1.54, 1.807) is 12.3 Å². The van der Waals surface area contributed by atoms with Gasteiger partial charge in [-0.3, -0.25) is 4.98 Å². The molecule has 0 aliphatic heterocycles. The summed E-state index contributed by atoms with van der Waals surface area (Å²) in [7, 11) is 0. The number of rotatable bonds is 5. The standard InChI is InChI=1S/C17H20FN/c1-3-4-5-6-14-8-9-15(16(18)11-14)17-10-7-13(2)12-19-17/h7-12H,3-6H2,1-2H3. The first-order valence-corrected chi connectivity index (χ1v) is 6.92. The van der Waals surface area contributed by atoms with Crippen LogP contribution in [0.4, 0.5) is 4.39 Å². The Balaban J connectivity index is 2.17. The third-order valence-electron chi connectivity index (χ3n) is 3.29. The Hall–Kier alpha value is -1.70. The third kappa shape index (κ3) is 3.63. The minimum atomic E-state index is -0.176. The monoisotopic (exact) mass is 257 g/mol. The van der Waals surface area contributed by atoms with Gasteiger partial charge < -0.3 is 0 Å². The second-order valence-corrected chi connectivity index (χ2v) is 4.99. The van der Waals surface area contributed by atoms with E-state index in [-0.39, 0.29) is 5.82 Å². The number of aromatic nitrogens is 1. The minimum absolute atomic E-state index is 0.176. The van der Waals surface area contributed by atoms with Gasteiger partial charge in [-0.15, -0.1) is 0 Å². The van der Waals surface area contributed by atoms with E-state index in [1.165, 1.54) is 12.8 Å². The summed E-state index contributed by atoms with van der Waals surface area (Å²) in [5.74, 6) is -0.176. The van der Waals surface area contributed by atoms with Gasteiger partial charge in [0.25, 0.3) is 0 Å². The minimum Gasteiger partial charge on any atom is -0.256 e. The van der Waals surface area contributed by atoms with Crippen LogP contribution in [0.1, 0.15) is 37.3 Å². The van der Waals surface area contributed by atoms with Crippen molar-refractivity contribution in [1.82, 2.24) is 4.98 Å². The van der Waals surface area contributed by atoms with Gasteiger partial charge in [0.05, 0.1) is 5.69 Å². The summed E-state index contributed by atoms with van der Waals surface area (Å²) in [4.78, 5) is 4.27. The number of halogens is 1. The van der Waals surface area contributed by atoms with E-state index in [2.05, 4.69) is 11.9 Å². The molecule has 0 amide bonds. The molecule has 1 aromatic heterocycles. The van der Waals surface area contributed by atoms with Crippen LogP contribution in [0, 0.1) is 12.7 Å². The van der Waals surface area contributed by atoms with Crippen LogP contribution in [-0.2, 0) is 6.42 Å². The molecule has 2 aromatic rings. The lowest BCUT2D eigenvalue weighted by Gasteiger charge is -2.06. The third-order valence-corrected chi connectivity index (χ3v) is 3.29. The van der Waals surface area contributed by atoms with Crippen molar-refractivity contribution in [2.75, 3.05) is 0 Å². The van der Waals surface area contributed by atoms with Crippen molar-refractivity contribution in [3.05, 3.63) is 53.5 Å². The molecule has 0 aliphatic carbocycles. The number of nitrogens with zero attached hydrogens (tertiary/aromatic N) is 1. The predicted molar refractivity (Wildman–Crippen MR) is 77.6 cm³/mol. The maximum Gasteiger partial charge on any atom is 0.132 e. The lowest BCUT2D eigenvalue weighted by atomic mass is 10.0. The Morgan fingerprint density at radius 3 is 2.58 bits per heavy atom. The van der Waals surface area contributed by atoms with Crippen LogP contribution in [0.2, 0.25) is 0 Å². The molecule has 0 bridgehead atoms. The molecule has 0 N–H and O–H groups in total. The molecule has 0 spiro atoms. The van der Waals surface area contributed by atoms with Gasteiger partial charge in [0.1, 0.15) is 5.82 Å². The first kappa shape index (κ1) is 13.7. The van der Waals surface area contributed by atoms with E-state index in [1.807, 2.05) is 31.2 Å². The van der Waals surface area contributed by atoms with Crippen LogP contribution in [0.3, 0.4) is 0 Å².